The van der Waals surface area contributed by atoms with Gasteiger partial charge in [-0.15, -0.1) is 0 Å². The van der Waals surface area contributed by atoms with Crippen LogP contribution in [-0.2, 0) is 4.79 Å². The largest absolute Gasteiger partial charge is 0.506 e. The van der Waals surface area contributed by atoms with Gasteiger partial charge in [0.25, 0.3) is 5.91 Å². The zero-order valence-electron chi connectivity index (χ0n) is 26.7. The number of carbonyl (C=O) groups is 2. The third kappa shape index (κ3) is 7.27. The average Bonchev–Trinajstić information content (AvgIpc) is 3.15. The number of aromatic hydroxyl groups is 1. The van der Waals surface area contributed by atoms with E-state index in [0.29, 0.717) is 29.1 Å². The molecule has 0 radical (unpaired) electrons. The number of halogens is 1. The lowest BCUT2D eigenvalue weighted by atomic mass is 9.73. The number of fused-ring (bicyclic) bond motifs is 1. The number of nitriles is 1. The van der Waals surface area contributed by atoms with Crippen molar-refractivity contribution in [3.63, 3.8) is 0 Å². The highest BCUT2D eigenvalue weighted by Gasteiger charge is 2.44. The Morgan fingerprint density at radius 1 is 1.15 bits per heavy atom. The Balaban J connectivity index is 0.000000533. The number of hydrogen-bond acceptors (Lipinski definition) is 6. The summed E-state index contributed by atoms with van der Waals surface area (Å²) in [5.41, 5.74) is 2.78. The number of ketones is 1. The topological polar surface area (TPSA) is 103 Å². The molecule has 0 spiro atoms. The molecular formula is C38H38FN3O4. The maximum absolute atomic E-state index is 15.7. The number of ether oxygens (including phenoxy) is 1. The van der Waals surface area contributed by atoms with Crippen LogP contribution in [0.25, 0.3) is 0 Å². The van der Waals surface area contributed by atoms with Crippen LogP contribution in [0.3, 0.4) is 0 Å². The van der Waals surface area contributed by atoms with E-state index in [0.717, 1.165) is 5.57 Å². The van der Waals surface area contributed by atoms with Crippen LogP contribution in [0, 0.1) is 22.6 Å². The second-order valence-electron chi connectivity index (χ2n) is 12.0. The van der Waals surface area contributed by atoms with Gasteiger partial charge < -0.3 is 15.2 Å². The summed E-state index contributed by atoms with van der Waals surface area (Å²) in [5, 5.41) is 23.3. The molecule has 2 aliphatic rings. The maximum atomic E-state index is 15.7. The first-order valence-electron chi connectivity index (χ1n) is 14.9. The SMILES string of the molecule is C=C(C)/C=C\C=C/C.COc1ccc([C@H]2C3=C(CC(C)(C)CC3=O)Nc3c(O)cccc3N2C(=O)c2ccc(C#N)cc2)c(F)c1. The Labute approximate surface area is 269 Å². The van der Waals surface area contributed by atoms with Crippen LogP contribution in [0.1, 0.15) is 68.1 Å². The van der Waals surface area contributed by atoms with Crippen molar-refractivity contribution in [1.29, 1.82) is 5.26 Å². The fourth-order valence-corrected chi connectivity index (χ4v) is 5.57. The van der Waals surface area contributed by atoms with E-state index in [1.165, 1.54) is 54.5 Å². The predicted molar refractivity (Wildman–Crippen MR) is 179 cm³/mol. The molecule has 236 valence electrons. The van der Waals surface area contributed by atoms with E-state index in [1.807, 2.05) is 58.1 Å². The number of carbonyl (C=O) groups excluding carboxylic acids is 2. The van der Waals surface area contributed by atoms with E-state index in [-0.39, 0.29) is 45.8 Å². The number of Topliss-reactive ketones (excluding diaryl/α,β-unsaturated/α-hetero) is 1. The molecule has 0 unspecified atom stereocenters. The van der Waals surface area contributed by atoms with E-state index < -0.39 is 17.8 Å². The fourth-order valence-electron chi connectivity index (χ4n) is 5.57. The van der Waals surface area contributed by atoms with Crippen molar-refractivity contribution >= 4 is 23.1 Å². The van der Waals surface area contributed by atoms with Gasteiger partial charge >= 0.3 is 0 Å². The number of phenolic OH excluding ortho intramolecular Hbond substituents is 1. The van der Waals surface area contributed by atoms with E-state index in [1.54, 1.807) is 18.2 Å². The van der Waals surface area contributed by atoms with E-state index in [9.17, 15) is 20.0 Å². The first-order valence-corrected chi connectivity index (χ1v) is 14.9. The molecular weight excluding hydrogens is 581 g/mol. The minimum absolute atomic E-state index is 0.112. The third-order valence-corrected chi connectivity index (χ3v) is 7.67. The van der Waals surface area contributed by atoms with Crippen LogP contribution in [0.4, 0.5) is 15.8 Å². The van der Waals surface area contributed by atoms with Crippen LogP contribution in [0.2, 0.25) is 0 Å². The zero-order chi connectivity index (χ0) is 33.6. The molecule has 1 amide bonds. The normalized spacial score (nSPS) is 16.8. The van der Waals surface area contributed by atoms with Crippen molar-refractivity contribution in [2.75, 3.05) is 17.3 Å². The molecule has 7 nitrogen and oxygen atoms in total. The number of amides is 1. The van der Waals surface area contributed by atoms with E-state index >= 15 is 4.39 Å². The van der Waals surface area contributed by atoms with Crippen LogP contribution in [-0.4, -0.2) is 23.9 Å². The Hall–Kier alpha value is -5.42. The first-order chi connectivity index (χ1) is 21.9. The number of allylic oxidation sites excluding steroid dienone is 6. The molecule has 3 aromatic rings. The summed E-state index contributed by atoms with van der Waals surface area (Å²) in [4.78, 5) is 29.3. The molecule has 2 N–H and O–H groups in total. The smallest absolute Gasteiger partial charge is 0.259 e. The van der Waals surface area contributed by atoms with Gasteiger partial charge in [-0.25, -0.2) is 4.39 Å². The number of methoxy groups -OCH3 is 1. The Bertz CT molecular complexity index is 1800. The third-order valence-electron chi connectivity index (χ3n) is 7.67. The molecule has 0 fully saturated rings. The first kappa shape index (κ1) is 33.5. The van der Waals surface area contributed by atoms with Gasteiger partial charge in [0.1, 0.15) is 23.0 Å². The van der Waals surface area contributed by atoms with Gasteiger partial charge in [0.05, 0.1) is 30.5 Å². The molecule has 1 heterocycles. The summed E-state index contributed by atoms with van der Waals surface area (Å²) in [6.07, 6.45) is 8.58. The van der Waals surface area contributed by atoms with Gasteiger partial charge in [-0.05, 0) is 74.2 Å². The molecule has 1 aliphatic carbocycles. The number of benzene rings is 3. The van der Waals surface area contributed by atoms with Crippen LogP contribution >= 0.6 is 0 Å². The van der Waals surface area contributed by atoms with Crippen molar-refractivity contribution in [2.24, 2.45) is 5.41 Å². The molecule has 0 saturated heterocycles. The molecule has 46 heavy (non-hydrogen) atoms. The van der Waals surface area contributed by atoms with Gasteiger partial charge in [0.2, 0.25) is 0 Å². The van der Waals surface area contributed by atoms with Crippen LogP contribution in [0.15, 0.2) is 108 Å². The van der Waals surface area contributed by atoms with E-state index in [4.69, 9.17) is 4.74 Å². The molecule has 0 aromatic heterocycles. The summed E-state index contributed by atoms with van der Waals surface area (Å²) >= 11 is 0. The lowest BCUT2D eigenvalue weighted by molar-refractivity contribution is -0.118. The number of nitrogens with zero attached hydrogens (tertiary/aromatic N) is 2. The van der Waals surface area contributed by atoms with Gasteiger partial charge in [0.15, 0.2) is 5.78 Å². The highest BCUT2D eigenvalue weighted by molar-refractivity contribution is 6.12. The van der Waals surface area contributed by atoms with Gasteiger partial charge in [-0.2, -0.15) is 5.26 Å². The van der Waals surface area contributed by atoms with Crippen molar-refractivity contribution < 1.29 is 23.8 Å². The van der Waals surface area contributed by atoms with Crippen molar-refractivity contribution in [3.05, 3.63) is 131 Å². The quantitative estimate of drug-likeness (QED) is 0.219. The minimum atomic E-state index is -1.13. The molecule has 1 atom stereocenters. The summed E-state index contributed by atoms with van der Waals surface area (Å²) in [6, 6.07) is 16.0. The fraction of sp³-hybridized carbons (Fsp3) is 0.237. The number of anilines is 2. The van der Waals surface area contributed by atoms with Crippen molar-refractivity contribution in [2.45, 2.75) is 46.6 Å². The van der Waals surface area contributed by atoms with Crippen molar-refractivity contribution in [3.8, 4) is 17.6 Å². The molecule has 8 heteroatoms. The average molecular weight is 620 g/mol. The summed E-state index contributed by atoms with van der Waals surface area (Å²) in [5.74, 6) is -1.19. The standard InChI is InChI=1S/C30H26FN3O4.C8H12/c1-30(2)14-22-26(25(36)15-30)28(20-12-11-19(38-3)13-21(20)31)34(23-5-4-6-24(35)27(23)33-22)29(37)18-9-7-17(16-32)8-10-18;1-4-5-6-7-8(2)3/h4-13,28,33,35H,14-15H2,1-3H3;4-7H,2H2,1,3H3/b;5-4-,7-6-/t28-;/m0./s1. The Morgan fingerprint density at radius 3 is 2.48 bits per heavy atom. The summed E-state index contributed by atoms with van der Waals surface area (Å²) in [6.45, 7) is 11.6. The molecule has 0 bridgehead atoms. The van der Waals surface area contributed by atoms with E-state index in [2.05, 4.69) is 11.9 Å². The maximum Gasteiger partial charge on any atom is 0.259 e. The predicted octanol–water partition coefficient (Wildman–Crippen LogP) is 8.56. The number of rotatable bonds is 5. The molecule has 3 aromatic carbocycles. The highest BCUT2D eigenvalue weighted by Crippen LogP contribution is 2.51. The monoisotopic (exact) mass is 619 g/mol. The second kappa shape index (κ2) is 14.1. The number of hydrogen-bond donors (Lipinski definition) is 2. The minimum Gasteiger partial charge on any atom is -0.506 e. The molecule has 5 rings (SSSR count). The van der Waals surface area contributed by atoms with Gasteiger partial charge in [-0.1, -0.05) is 56.4 Å². The zero-order valence-corrected chi connectivity index (χ0v) is 26.7. The lowest BCUT2D eigenvalue weighted by Gasteiger charge is -2.37. The highest BCUT2D eigenvalue weighted by atomic mass is 19.1. The molecule has 1 aliphatic heterocycles. The van der Waals surface area contributed by atoms with Crippen LogP contribution in [0.5, 0.6) is 11.5 Å². The Kier molecular flexibility index (Phi) is 10.3. The van der Waals surface area contributed by atoms with Crippen molar-refractivity contribution in [1.82, 2.24) is 0 Å². The second-order valence-corrected chi connectivity index (χ2v) is 12.0. The summed E-state index contributed by atoms with van der Waals surface area (Å²) in [7, 11) is 1.43. The Morgan fingerprint density at radius 2 is 1.87 bits per heavy atom. The lowest BCUT2D eigenvalue weighted by Crippen LogP contribution is -2.40. The van der Waals surface area contributed by atoms with Gasteiger partial charge in [-0.3, -0.25) is 14.5 Å². The number of nitrogens with one attached hydrogen (secondary N) is 1. The number of phenols is 1. The molecule has 0 saturated carbocycles. The van der Waals surface area contributed by atoms with Crippen LogP contribution < -0.4 is 15.0 Å². The summed E-state index contributed by atoms with van der Waals surface area (Å²) < 4.78 is 20.9. The number of para-hydroxylation sites is 1. The van der Waals surface area contributed by atoms with Gasteiger partial charge in [0, 0.05) is 34.9 Å².